The summed E-state index contributed by atoms with van der Waals surface area (Å²) >= 11 is 1.54. The third-order valence-corrected chi connectivity index (χ3v) is 7.00. The normalized spacial score (nSPS) is 15.9. The van der Waals surface area contributed by atoms with Gasteiger partial charge in [0.25, 0.3) is 0 Å². The molecule has 0 radical (unpaired) electrons. The molecule has 1 fully saturated rings. The third kappa shape index (κ3) is 4.70. The van der Waals surface area contributed by atoms with Gasteiger partial charge in [-0.05, 0) is 51.2 Å². The van der Waals surface area contributed by atoms with E-state index in [4.69, 9.17) is 15.7 Å². The second-order valence-electron chi connectivity index (χ2n) is 9.14. The Bertz CT molecular complexity index is 1070. The number of piperidine rings is 1. The largest absolute Gasteiger partial charge is 0.396 e. The van der Waals surface area contributed by atoms with Gasteiger partial charge in [-0.15, -0.1) is 11.3 Å². The van der Waals surface area contributed by atoms with Crippen molar-refractivity contribution in [2.24, 2.45) is 0 Å². The Labute approximate surface area is 186 Å². The maximum atomic E-state index is 14.9. The summed E-state index contributed by atoms with van der Waals surface area (Å²) in [7, 11) is 2.14. The lowest BCUT2D eigenvalue weighted by molar-refractivity contribution is 0.263. The van der Waals surface area contributed by atoms with Crippen molar-refractivity contribution in [3.8, 4) is 21.8 Å². The van der Waals surface area contributed by atoms with E-state index in [1.807, 2.05) is 6.07 Å². The van der Waals surface area contributed by atoms with Crippen molar-refractivity contribution in [1.82, 2.24) is 19.9 Å². The molecule has 31 heavy (non-hydrogen) atoms. The number of benzene rings is 1. The number of aromatic nitrogens is 3. The molecule has 0 unspecified atom stereocenters. The number of anilines is 2. The van der Waals surface area contributed by atoms with Gasteiger partial charge < -0.3 is 16.0 Å². The van der Waals surface area contributed by atoms with Crippen LogP contribution >= 0.6 is 11.3 Å². The molecule has 8 heteroatoms. The van der Waals surface area contributed by atoms with Crippen LogP contribution in [0.15, 0.2) is 30.5 Å². The summed E-state index contributed by atoms with van der Waals surface area (Å²) in [6.45, 7) is 8.41. The minimum atomic E-state index is -0.451. The highest BCUT2D eigenvalue weighted by atomic mass is 32.1. The maximum absolute atomic E-state index is 14.9. The number of halogens is 1. The average Bonchev–Trinajstić information content (AvgIpc) is 3.18. The first kappa shape index (κ1) is 21.6. The Hall–Kier alpha value is -2.58. The molecule has 0 spiro atoms. The van der Waals surface area contributed by atoms with Gasteiger partial charge in [0, 0.05) is 23.2 Å². The second kappa shape index (κ2) is 8.51. The number of nitrogens with zero attached hydrogens (tertiary/aromatic N) is 4. The van der Waals surface area contributed by atoms with E-state index in [0.29, 0.717) is 23.2 Å². The molecular formula is C23H29FN6S. The van der Waals surface area contributed by atoms with Gasteiger partial charge in [0.05, 0.1) is 27.0 Å². The Morgan fingerprint density at radius 3 is 2.61 bits per heavy atom. The summed E-state index contributed by atoms with van der Waals surface area (Å²) in [5.41, 5.74) is 7.48. The van der Waals surface area contributed by atoms with Crippen molar-refractivity contribution in [3.05, 3.63) is 41.3 Å². The van der Waals surface area contributed by atoms with Crippen LogP contribution in [-0.2, 0) is 5.41 Å². The maximum Gasteiger partial charge on any atom is 0.223 e. The summed E-state index contributed by atoms with van der Waals surface area (Å²) in [4.78, 5) is 17.2. The zero-order chi connectivity index (χ0) is 22.2. The summed E-state index contributed by atoms with van der Waals surface area (Å²) in [6.07, 6.45) is 3.85. The standard InChI is InChI=1S/C23H29FN6S/c1-23(2,3)21-29-19(15-6-5-7-16(25)18(15)24)20(31-21)17-8-11-26-22(28-17)27-14-9-12-30(4)13-10-14/h5-8,11,14H,9-10,12-13,25H2,1-4H3,(H,26,27,28). The highest BCUT2D eigenvalue weighted by Crippen LogP contribution is 2.41. The molecule has 3 heterocycles. The van der Waals surface area contributed by atoms with E-state index in [9.17, 15) is 4.39 Å². The van der Waals surface area contributed by atoms with Gasteiger partial charge in [0.1, 0.15) is 0 Å². The van der Waals surface area contributed by atoms with Gasteiger partial charge in [-0.3, -0.25) is 0 Å². The number of nitrogens with one attached hydrogen (secondary N) is 1. The number of thiazole rings is 1. The van der Waals surface area contributed by atoms with Crippen molar-refractivity contribution in [1.29, 1.82) is 0 Å². The fraction of sp³-hybridized carbons (Fsp3) is 0.435. The number of nitrogens with two attached hydrogens (primary N) is 1. The molecule has 0 bridgehead atoms. The minimum absolute atomic E-state index is 0.112. The third-order valence-electron chi connectivity index (χ3n) is 5.49. The average molecular weight is 441 g/mol. The van der Waals surface area contributed by atoms with Crippen LogP contribution in [0.25, 0.3) is 21.8 Å². The van der Waals surface area contributed by atoms with Crippen LogP contribution in [0.3, 0.4) is 0 Å². The molecule has 3 aromatic rings. The zero-order valence-electron chi connectivity index (χ0n) is 18.4. The van der Waals surface area contributed by atoms with E-state index in [-0.39, 0.29) is 11.1 Å². The highest BCUT2D eigenvalue weighted by Gasteiger charge is 2.26. The number of hydrogen-bond donors (Lipinski definition) is 2. The summed E-state index contributed by atoms with van der Waals surface area (Å²) in [5.74, 6) is 0.144. The van der Waals surface area contributed by atoms with Crippen LogP contribution in [0.4, 0.5) is 16.0 Å². The summed E-state index contributed by atoms with van der Waals surface area (Å²) in [6, 6.07) is 7.23. The number of hydrogen-bond acceptors (Lipinski definition) is 7. The first-order valence-electron chi connectivity index (χ1n) is 10.6. The number of nitrogen functional groups attached to an aromatic ring is 1. The van der Waals surface area contributed by atoms with Crippen LogP contribution in [0, 0.1) is 5.82 Å². The molecular weight excluding hydrogens is 411 g/mol. The molecule has 1 aliphatic rings. The number of rotatable bonds is 4. The predicted octanol–water partition coefficient (Wildman–Crippen LogP) is 4.79. The van der Waals surface area contributed by atoms with E-state index in [1.165, 1.54) is 0 Å². The Morgan fingerprint density at radius 1 is 1.16 bits per heavy atom. The van der Waals surface area contributed by atoms with E-state index in [0.717, 1.165) is 41.5 Å². The fourth-order valence-corrected chi connectivity index (χ4v) is 4.73. The SMILES string of the molecule is CN1CCC(Nc2nccc(-c3sc(C(C)(C)C)nc3-c3cccc(N)c3F)n2)CC1. The molecule has 0 aliphatic carbocycles. The minimum Gasteiger partial charge on any atom is -0.396 e. The predicted molar refractivity (Wildman–Crippen MR) is 126 cm³/mol. The zero-order valence-corrected chi connectivity index (χ0v) is 19.3. The smallest absolute Gasteiger partial charge is 0.223 e. The van der Waals surface area contributed by atoms with Crippen molar-refractivity contribution in [2.75, 3.05) is 31.2 Å². The van der Waals surface area contributed by atoms with Gasteiger partial charge in [-0.1, -0.05) is 26.8 Å². The monoisotopic (exact) mass is 440 g/mol. The van der Waals surface area contributed by atoms with E-state index < -0.39 is 5.82 Å². The van der Waals surface area contributed by atoms with Gasteiger partial charge in [0.15, 0.2) is 5.82 Å². The van der Waals surface area contributed by atoms with Gasteiger partial charge in [-0.2, -0.15) is 0 Å². The van der Waals surface area contributed by atoms with E-state index in [2.05, 4.69) is 43.0 Å². The van der Waals surface area contributed by atoms with Crippen molar-refractivity contribution >= 4 is 23.0 Å². The quantitative estimate of drug-likeness (QED) is 0.568. The van der Waals surface area contributed by atoms with Crippen molar-refractivity contribution in [2.45, 2.75) is 45.1 Å². The Morgan fingerprint density at radius 2 is 1.90 bits per heavy atom. The lowest BCUT2D eigenvalue weighted by Gasteiger charge is -2.29. The van der Waals surface area contributed by atoms with Crippen molar-refractivity contribution in [3.63, 3.8) is 0 Å². The van der Waals surface area contributed by atoms with E-state index >= 15 is 0 Å². The molecule has 4 rings (SSSR count). The molecule has 164 valence electrons. The molecule has 3 N–H and O–H groups in total. The molecule has 6 nitrogen and oxygen atoms in total. The molecule has 0 amide bonds. The van der Waals surface area contributed by atoms with Gasteiger partial charge in [0.2, 0.25) is 5.95 Å². The van der Waals surface area contributed by atoms with E-state index in [1.54, 1.807) is 35.7 Å². The second-order valence-corrected chi connectivity index (χ2v) is 10.1. The molecule has 2 aromatic heterocycles. The van der Waals surface area contributed by atoms with Crippen LogP contribution < -0.4 is 11.1 Å². The lowest BCUT2D eigenvalue weighted by Crippen LogP contribution is -2.37. The van der Waals surface area contributed by atoms with Gasteiger partial charge >= 0.3 is 0 Å². The molecule has 0 saturated carbocycles. The summed E-state index contributed by atoms with van der Waals surface area (Å²) < 4.78 is 14.9. The summed E-state index contributed by atoms with van der Waals surface area (Å²) in [5, 5.41) is 4.39. The molecule has 1 aliphatic heterocycles. The van der Waals surface area contributed by atoms with Crippen molar-refractivity contribution < 1.29 is 4.39 Å². The topological polar surface area (TPSA) is 80.0 Å². The lowest BCUT2D eigenvalue weighted by atomic mass is 9.98. The van der Waals surface area contributed by atoms with Crippen LogP contribution in [0.1, 0.15) is 38.6 Å². The van der Waals surface area contributed by atoms with Crippen LogP contribution in [-0.4, -0.2) is 46.0 Å². The first-order chi connectivity index (χ1) is 14.7. The first-order valence-corrected chi connectivity index (χ1v) is 11.4. The molecule has 0 atom stereocenters. The molecule has 1 saturated heterocycles. The van der Waals surface area contributed by atoms with Crippen LogP contribution in [0.2, 0.25) is 0 Å². The Kier molecular flexibility index (Phi) is 5.94. The Balaban J connectivity index is 1.73. The molecule has 1 aromatic carbocycles. The van der Waals surface area contributed by atoms with Crippen LogP contribution in [0.5, 0.6) is 0 Å². The number of likely N-dealkylation sites (tertiary alicyclic amines) is 1. The fourth-order valence-electron chi connectivity index (χ4n) is 3.62. The van der Waals surface area contributed by atoms with Gasteiger partial charge in [-0.25, -0.2) is 19.3 Å². The highest BCUT2D eigenvalue weighted by molar-refractivity contribution is 7.15.